The molecule has 0 atom stereocenters. The molecule has 0 aromatic carbocycles. The van der Waals surface area contributed by atoms with Crippen molar-refractivity contribution in [1.29, 1.82) is 0 Å². The van der Waals surface area contributed by atoms with Gasteiger partial charge < -0.3 is 14.8 Å². The topological polar surface area (TPSA) is 47.6 Å². The Balaban J connectivity index is 3.18. The number of nitrogens with one attached hydrogen (secondary N) is 1. The van der Waals surface area contributed by atoms with Crippen molar-refractivity contribution >= 4 is 5.91 Å². The fourth-order valence-electron chi connectivity index (χ4n) is 0.845. The van der Waals surface area contributed by atoms with E-state index < -0.39 is 0 Å². The lowest BCUT2D eigenvalue weighted by atomic mass is 10.5. The molecule has 0 saturated carbocycles. The molecule has 4 nitrogen and oxygen atoms in total. The van der Waals surface area contributed by atoms with Crippen molar-refractivity contribution in [3.05, 3.63) is 0 Å². The Kier molecular flexibility index (Phi) is 8.57. The minimum atomic E-state index is -0.0780. The number of rotatable bonds is 8. The molecule has 0 aromatic heterocycles. The first-order valence-corrected chi connectivity index (χ1v) is 5.12. The number of carbonyl (C=O) groups excluding carboxylic acids is 1. The van der Waals surface area contributed by atoms with Gasteiger partial charge in [0.05, 0.1) is 12.7 Å². The second-order valence-electron chi connectivity index (χ2n) is 3.32. The van der Waals surface area contributed by atoms with Crippen LogP contribution in [0.1, 0.15) is 27.2 Å². The van der Waals surface area contributed by atoms with Crippen molar-refractivity contribution in [3.63, 3.8) is 0 Å². The van der Waals surface area contributed by atoms with Crippen molar-refractivity contribution < 1.29 is 14.3 Å². The van der Waals surface area contributed by atoms with Crippen LogP contribution < -0.4 is 5.32 Å². The van der Waals surface area contributed by atoms with Crippen molar-refractivity contribution in [2.75, 3.05) is 26.4 Å². The minimum Gasteiger partial charge on any atom is -0.377 e. The number of carbonyl (C=O) groups is 1. The van der Waals surface area contributed by atoms with Gasteiger partial charge in [-0.15, -0.1) is 0 Å². The van der Waals surface area contributed by atoms with Crippen LogP contribution in [0.2, 0.25) is 0 Å². The van der Waals surface area contributed by atoms with Crippen molar-refractivity contribution in [3.8, 4) is 0 Å². The van der Waals surface area contributed by atoms with Gasteiger partial charge in [-0.3, -0.25) is 4.79 Å². The van der Waals surface area contributed by atoms with Crippen LogP contribution in [0.15, 0.2) is 0 Å². The highest BCUT2D eigenvalue weighted by molar-refractivity contribution is 5.77. The summed E-state index contributed by atoms with van der Waals surface area (Å²) in [4.78, 5) is 11.1. The fourth-order valence-corrected chi connectivity index (χ4v) is 0.845. The van der Waals surface area contributed by atoms with Crippen LogP contribution in [-0.2, 0) is 14.3 Å². The van der Waals surface area contributed by atoms with Crippen LogP contribution in [0.4, 0.5) is 0 Å². The summed E-state index contributed by atoms with van der Waals surface area (Å²) in [5.41, 5.74) is 0. The number of ether oxygens (including phenoxy) is 2. The van der Waals surface area contributed by atoms with Gasteiger partial charge >= 0.3 is 0 Å². The monoisotopic (exact) mass is 203 g/mol. The van der Waals surface area contributed by atoms with Crippen molar-refractivity contribution in [2.24, 2.45) is 0 Å². The minimum absolute atomic E-state index is 0.0780. The average molecular weight is 203 g/mol. The first kappa shape index (κ1) is 13.4. The lowest BCUT2D eigenvalue weighted by Gasteiger charge is -2.08. The van der Waals surface area contributed by atoms with Gasteiger partial charge in [0, 0.05) is 13.2 Å². The summed E-state index contributed by atoms with van der Waals surface area (Å²) < 4.78 is 10.3. The highest BCUT2D eigenvalue weighted by atomic mass is 16.5. The predicted molar refractivity (Wildman–Crippen MR) is 55.2 cm³/mol. The molecule has 0 bridgehead atoms. The van der Waals surface area contributed by atoms with E-state index in [0.717, 1.165) is 6.42 Å². The van der Waals surface area contributed by atoms with Gasteiger partial charge in [-0.25, -0.2) is 0 Å². The molecule has 1 N–H and O–H groups in total. The molecule has 0 aromatic rings. The Bertz CT molecular complexity index is 148. The fraction of sp³-hybridized carbons (Fsp3) is 0.900. The zero-order chi connectivity index (χ0) is 10.8. The summed E-state index contributed by atoms with van der Waals surface area (Å²) >= 11 is 0. The Morgan fingerprint density at radius 1 is 1.36 bits per heavy atom. The number of hydrogen-bond donors (Lipinski definition) is 1. The standard InChI is InChI=1S/C10H21NO3/c1-4-6-13-8-10(12)11-5-7-14-9(2)3/h9H,4-8H2,1-3H3,(H,11,12). The Labute approximate surface area is 86.0 Å². The van der Waals surface area contributed by atoms with Gasteiger partial charge in [0.15, 0.2) is 0 Å². The molecule has 0 heterocycles. The zero-order valence-electron chi connectivity index (χ0n) is 9.34. The van der Waals surface area contributed by atoms with Gasteiger partial charge in [-0.1, -0.05) is 6.92 Å². The first-order chi connectivity index (χ1) is 6.66. The molecule has 0 aliphatic rings. The lowest BCUT2D eigenvalue weighted by molar-refractivity contribution is -0.126. The third kappa shape index (κ3) is 9.48. The van der Waals surface area contributed by atoms with Crippen LogP contribution >= 0.6 is 0 Å². The quantitative estimate of drug-likeness (QED) is 0.598. The maximum atomic E-state index is 11.1. The van der Waals surface area contributed by atoms with Gasteiger partial charge in [0.1, 0.15) is 6.61 Å². The maximum Gasteiger partial charge on any atom is 0.246 e. The van der Waals surface area contributed by atoms with E-state index in [-0.39, 0.29) is 18.6 Å². The molecular formula is C10H21NO3. The normalized spacial score (nSPS) is 10.6. The second kappa shape index (κ2) is 8.97. The third-order valence-electron chi connectivity index (χ3n) is 1.46. The van der Waals surface area contributed by atoms with E-state index in [1.54, 1.807) is 0 Å². The molecule has 14 heavy (non-hydrogen) atoms. The highest BCUT2D eigenvalue weighted by Crippen LogP contribution is 1.85. The molecular weight excluding hydrogens is 182 g/mol. The molecule has 0 saturated heterocycles. The van der Waals surface area contributed by atoms with Crippen LogP contribution in [0.3, 0.4) is 0 Å². The number of amides is 1. The Morgan fingerprint density at radius 3 is 2.64 bits per heavy atom. The number of hydrogen-bond acceptors (Lipinski definition) is 3. The summed E-state index contributed by atoms with van der Waals surface area (Å²) in [7, 11) is 0. The Hall–Kier alpha value is -0.610. The molecule has 0 radical (unpaired) electrons. The van der Waals surface area contributed by atoms with Crippen LogP contribution in [0.25, 0.3) is 0 Å². The molecule has 1 amide bonds. The maximum absolute atomic E-state index is 11.1. The molecule has 4 heteroatoms. The summed E-state index contributed by atoms with van der Waals surface area (Å²) in [5, 5.41) is 2.71. The summed E-state index contributed by atoms with van der Waals surface area (Å²) in [6, 6.07) is 0. The predicted octanol–water partition coefficient (Wildman–Crippen LogP) is 0.954. The SMILES string of the molecule is CCCOCC(=O)NCCOC(C)C. The van der Waals surface area contributed by atoms with Crippen LogP contribution in [0.5, 0.6) is 0 Å². The lowest BCUT2D eigenvalue weighted by Crippen LogP contribution is -2.31. The molecule has 0 spiro atoms. The molecule has 0 aliphatic heterocycles. The van der Waals surface area contributed by atoms with Gasteiger partial charge in [-0.05, 0) is 20.3 Å². The zero-order valence-corrected chi connectivity index (χ0v) is 9.34. The summed E-state index contributed by atoms with van der Waals surface area (Å²) in [6.07, 6.45) is 1.15. The summed E-state index contributed by atoms with van der Waals surface area (Å²) in [6.45, 7) is 7.82. The first-order valence-electron chi connectivity index (χ1n) is 5.12. The van der Waals surface area contributed by atoms with Crippen molar-refractivity contribution in [2.45, 2.75) is 33.3 Å². The smallest absolute Gasteiger partial charge is 0.246 e. The average Bonchev–Trinajstić information content (AvgIpc) is 2.13. The molecule has 84 valence electrons. The van der Waals surface area contributed by atoms with E-state index in [1.165, 1.54) is 0 Å². The Morgan fingerprint density at radius 2 is 2.07 bits per heavy atom. The van der Waals surface area contributed by atoms with Gasteiger partial charge in [0.2, 0.25) is 5.91 Å². The van der Waals surface area contributed by atoms with E-state index in [2.05, 4.69) is 5.32 Å². The van der Waals surface area contributed by atoms with E-state index in [0.29, 0.717) is 19.8 Å². The molecule has 0 fully saturated rings. The largest absolute Gasteiger partial charge is 0.377 e. The molecule has 0 aliphatic carbocycles. The van der Waals surface area contributed by atoms with E-state index in [9.17, 15) is 4.79 Å². The third-order valence-corrected chi connectivity index (χ3v) is 1.46. The van der Waals surface area contributed by atoms with E-state index >= 15 is 0 Å². The van der Waals surface area contributed by atoms with Gasteiger partial charge in [0.25, 0.3) is 0 Å². The second-order valence-corrected chi connectivity index (χ2v) is 3.32. The van der Waals surface area contributed by atoms with E-state index in [4.69, 9.17) is 9.47 Å². The van der Waals surface area contributed by atoms with Gasteiger partial charge in [-0.2, -0.15) is 0 Å². The van der Waals surface area contributed by atoms with Crippen molar-refractivity contribution in [1.82, 2.24) is 5.32 Å². The molecule has 0 rings (SSSR count). The van der Waals surface area contributed by atoms with Crippen LogP contribution in [-0.4, -0.2) is 38.4 Å². The highest BCUT2D eigenvalue weighted by Gasteiger charge is 2.00. The van der Waals surface area contributed by atoms with E-state index in [1.807, 2.05) is 20.8 Å². The van der Waals surface area contributed by atoms with Crippen LogP contribution in [0, 0.1) is 0 Å². The molecule has 0 unspecified atom stereocenters. The summed E-state index contributed by atoms with van der Waals surface area (Å²) in [5.74, 6) is -0.0780.